The first-order chi connectivity index (χ1) is 15.0. The van der Waals surface area contributed by atoms with E-state index in [2.05, 4.69) is 10.2 Å². The number of amides is 1. The van der Waals surface area contributed by atoms with Crippen molar-refractivity contribution in [1.82, 2.24) is 19.7 Å². The van der Waals surface area contributed by atoms with Crippen LogP contribution in [0.2, 0.25) is 0 Å². The number of aliphatic hydroxyl groups is 2. The van der Waals surface area contributed by atoms with Gasteiger partial charge < -0.3 is 24.4 Å². The predicted molar refractivity (Wildman–Crippen MR) is 117 cm³/mol. The van der Waals surface area contributed by atoms with Gasteiger partial charge in [0.1, 0.15) is 29.4 Å². The molecule has 1 aliphatic carbocycles. The van der Waals surface area contributed by atoms with Crippen molar-refractivity contribution < 1.29 is 19.7 Å². The molecule has 0 radical (unpaired) electrons. The second-order valence-electron chi connectivity index (χ2n) is 7.28. The first-order valence-corrected chi connectivity index (χ1v) is 10.3. The van der Waals surface area contributed by atoms with Gasteiger partial charge in [-0.15, -0.1) is 10.2 Å². The van der Waals surface area contributed by atoms with Crippen LogP contribution in [0.25, 0.3) is 0 Å². The second kappa shape index (κ2) is 10.5. The lowest BCUT2D eigenvalue weighted by Gasteiger charge is -2.23. The average Bonchev–Trinajstić information content (AvgIpc) is 3.14. The highest BCUT2D eigenvalue weighted by atomic mass is 16.5. The van der Waals surface area contributed by atoms with E-state index in [-0.39, 0.29) is 29.4 Å². The Morgan fingerprint density at radius 2 is 1.97 bits per heavy atom. The molecule has 1 amide bonds. The summed E-state index contributed by atoms with van der Waals surface area (Å²) in [5, 5.41) is 28.1. The number of carbonyl (C=O) groups excluding carboxylic acids is 1. The topological polar surface area (TPSA) is 101 Å². The molecule has 2 aromatic rings. The molecular weight excluding hydrogens is 396 g/mol. The minimum Gasteiger partial charge on any atom is -0.511 e. The highest BCUT2D eigenvalue weighted by Gasteiger charge is 2.21. The lowest BCUT2D eigenvalue weighted by molar-refractivity contribution is -0.127. The molecule has 0 aliphatic heterocycles. The zero-order valence-electron chi connectivity index (χ0n) is 17.9. The Balaban J connectivity index is 1.69. The van der Waals surface area contributed by atoms with E-state index >= 15 is 0 Å². The maximum atomic E-state index is 13.1. The fourth-order valence-electron chi connectivity index (χ4n) is 3.35. The zero-order chi connectivity index (χ0) is 22.2. The van der Waals surface area contributed by atoms with Crippen molar-refractivity contribution in [2.75, 3.05) is 20.2 Å². The molecule has 0 saturated carbocycles. The van der Waals surface area contributed by atoms with Gasteiger partial charge in [0.2, 0.25) is 0 Å². The van der Waals surface area contributed by atoms with Gasteiger partial charge in [0, 0.05) is 32.5 Å². The highest BCUT2D eigenvalue weighted by molar-refractivity contribution is 5.97. The number of carbonyl (C=O) groups is 1. The molecule has 8 nitrogen and oxygen atoms in total. The van der Waals surface area contributed by atoms with Crippen molar-refractivity contribution in [1.29, 1.82) is 0 Å². The molecule has 0 spiro atoms. The van der Waals surface area contributed by atoms with Gasteiger partial charge in [-0.25, -0.2) is 0 Å². The lowest BCUT2D eigenvalue weighted by Crippen LogP contribution is -2.36. The van der Waals surface area contributed by atoms with E-state index in [0.717, 1.165) is 23.6 Å². The molecule has 2 N–H and O–H groups in total. The van der Waals surface area contributed by atoms with Crippen molar-refractivity contribution in [2.45, 2.75) is 32.7 Å². The number of benzene rings is 1. The van der Waals surface area contributed by atoms with Crippen LogP contribution in [0.15, 0.2) is 65.9 Å². The van der Waals surface area contributed by atoms with E-state index in [1.165, 1.54) is 18.2 Å². The summed E-state index contributed by atoms with van der Waals surface area (Å²) in [4.78, 5) is 14.8. The molecule has 1 aromatic carbocycles. The number of methoxy groups -OCH3 is 1. The largest absolute Gasteiger partial charge is 0.511 e. The average molecular weight is 425 g/mol. The van der Waals surface area contributed by atoms with E-state index in [4.69, 9.17) is 4.74 Å². The van der Waals surface area contributed by atoms with E-state index in [1.807, 2.05) is 35.8 Å². The highest BCUT2D eigenvalue weighted by Crippen LogP contribution is 2.18. The number of hydrogen-bond donors (Lipinski definition) is 2. The molecule has 1 aromatic heterocycles. The molecule has 8 heteroatoms. The van der Waals surface area contributed by atoms with Gasteiger partial charge in [-0.2, -0.15) is 0 Å². The Morgan fingerprint density at radius 1 is 1.19 bits per heavy atom. The molecular formula is C23H28N4O4. The number of allylic oxidation sites excluding steroid dienone is 2. The summed E-state index contributed by atoms with van der Waals surface area (Å²) in [7, 11) is 1.63. The maximum Gasteiger partial charge on any atom is 0.257 e. The monoisotopic (exact) mass is 424 g/mol. The number of hydrogen-bond acceptors (Lipinski definition) is 6. The number of rotatable bonds is 9. The molecule has 0 bridgehead atoms. The van der Waals surface area contributed by atoms with Crippen molar-refractivity contribution in [2.24, 2.45) is 0 Å². The smallest absolute Gasteiger partial charge is 0.257 e. The fraction of sp³-hybridized carbons (Fsp3) is 0.348. The Morgan fingerprint density at radius 3 is 2.68 bits per heavy atom. The summed E-state index contributed by atoms with van der Waals surface area (Å²) in [5.74, 6) is 1.33. The molecule has 1 heterocycles. The van der Waals surface area contributed by atoms with Crippen LogP contribution in [0.5, 0.6) is 5.75 Å². The Bertz CT molecular complexity index is 989. The van der Waals surface area contributed by atoms with Gasteiger partial charge in [0.25, 0.3) is 5.91 Å². The SMILES string of the molecule is CCCN(CCn1cnnc1Cc1ccc(OC)cc1)C(=O)C1=C(O)CC=C(O)C=C1. The number of ether oxygens (including phenoxy) is 1. The summed E-state index contributed by atoms with van der Waals surface area (Å²) in [6, 6.07) is 7.79. The van der Waals surface area contributed by atoms with Crippen molar-refractivity contribution >= 4 is 5.91 Å². The summed E-state index contributed by atoms with van der Waals surface area (Å²) in [5.41, 5.74) is 1.29. The summed E-state index contributed by atoms with van der Waals surface area (Å²) < 4.78 is 7.13. The number of aromatic nitrogens is 3. The van der Waals surface area contributed by atoms with Crippen LogP contribution in [0.4, 0.5) is 0 Å². The van der Waals surface area contributed by atoms with E-state index in [9.17, 15) is 15.0 Å². The van der Waals surface area contributed by atoms with Crippen LogP contribution in [0, 0.1) is 0 Å². The van der Waals surface area contributed by atoms with Crippen LogP contribution in [0.1, 0.15) is 31.2 Å². The fourth-order valence-corrected chi connectivity index (χ4v) is 3.35. The first-order valence-electron chi connectivity index (χ1n) is 10.3. The van der Waals surface area contributed by atoms with Gasteiger partial charge in [-0.05, 0) is 42.3 Å². The third-order valence-corrected chi connectivity index (χ3v) is 5.08. The Hall–Kier alpha value is -3.55. The first kappa shape index (κ1) is 22.1. The van der Waals surface area contributed by atoms with E-state index in [0.29, 0.717) is 26.1 Å². The molecule has 0 saturated heterocycles. The van der Waals surface area contributed by atoms with Gasteiger partial charge >= 0.3 is 0 Å². The van der Waals surface area contributed by atoms with Crippen LogP contribution in [-0.2, 0) is 17.8 Å². The van der Waals surface area contributed by atoms with Crippen LogP contribution < -0.4 is 4.74 Å². The van der Waals surface area contributed by atoms with Gasteiger partial charge in [-0.1, -0.05) is 19.1 Å². The minimum absolute atomic E-state index is 0.0315. The molecule has 164 valence electrons. The van der Waals surface area contributed by atoms with E-state index in [1.54, 1.807) is 18.3 Å². The van der Waals surface area contributed by atoms with Gasteiger partial charge in [0.05, 0.1) is 12.7 Å². The second-order valence-corrected chi connectivity index (χ2v) is 7.28. The van der Waals surface area contributed by atoms with Gasteiger partial charge in [-0.3, -0.25) is 4.79 Å². The number of nitrogens with zero attached hydrogens (tertiary/aromatic N) is 4. The van der Waals surface area contributed by atoms with Crippen molar-refractivity contribution in [3.05, 3.63) is 77.3 Å². The van der Waals surface area contributed by atoms with Crippen molar-refractivity contribution in [3.8, 4) is 5.75 Å². The third-order valence-electron chi connectivity index (χ3n) is 5.08. The zero-order valence-corrected chi connectivity index (χ0v) is 17.9. The molecule has 31 heavy (non-hydrogen) atoms. The lowest BCUT2D eigenvalue weighted by atomic mass is 10.1. The summed E-state index contributed by atoms with van der Waals surface area (Å²) in [6.07, 6.45) is 7.55. The summed E-state index contributed by atoms with van der Waals surface area (Å²) >= 11 is 0. The molecule has 0 fully saturated rings. The maximum absolute atomic E-state index is 13.1. The third kappa shape index (κ3) is 5.75. The van der Waals surface area contributed by atoms with E-state index < -0.39 is 0 Å². The van der Waals surface area contributed by atoms with Crippen LogP contribution in [-0.4, -0.2) is 56.0 Å². The molecule has 0 atom stereocenters. The van der Waals surface area contributed by atoms with Crippen LogP contribution in [0.3, 0.4) is 0 Å². The normalized spacial score (nSPS) is 13.7. The number of aliphatic hydroxyl groups excluding tert-OH is 2. The predicted octanol–water partition coefficient (Wildman–Crippen LogP) is 3.33. The quantitative estimate of drug-likeness (QED) is 0.640. The summed E-state index contributed by atoms with van der Waals surface area (Å²) in [6.45, 7) is 3.54. The van der Waals surface area contributed by atoms with Crippen molar-refractivity contribution in [3.63, 3.8) is 0 Å². The molecule has 0 unspecified atom stereocenters. The molecule has 1 aliphatic rings. The Labute approximate surface area is 181 Å². The molecule has 3 rings (SSSR count). The minimum atomic E-state index is -0.261. The Kier molecular flexibility index (Phi) is 7.48. The standard InChI is InChI=1S/C23H28N4O4/c1-3-12-26(23(30)20-10-6-18(28)7-11-21(20)29)13-14-27-16-24-25-22(27)15-17-4-8-19(31-2)9-5-17/h4-10,16,28-29H,3,11-15H2,1-2H3. The van der Waals surface area contributed by atoms with Crippen LogP contribution >= 0.6 is 0 Å². The van der Waals surface area contributed by atoms with Gasteiger partial charge in [0.15, 0.2) is 0 Å².